The van der Waals surface area contributed by atoms with Gasteiger partial charge >= 0.3 is 6.18 Å². The predicted molar refractivity (Wildman–Crippen MR) is 99.7 cm³/mol. The number of benzene rings is 2. The summed E-state index contributed by atoms with van der Waals surface area (Å²) >= 11 is 1.63. The van der Waals surface area contributed by atoms with Crippen molar-refractivity contribution in [2.45, 2.75) is 25.4 Å². The van der Waals surface area contributed by atoms with Crippen molar-refractivity contribution < 1.29 is 13.2 Å². The number of alkyl halides is 3. The highest BCUT2D eigenvalue weighted by Crippen LogP contribution is 2.35. The lowest BCUT2D eigenvalue weighted by molar-refractivity contribution is -0.138. The van der Waals surface area contributed by atoms with Crippen LogP contribution in [0.15, 0.2) is 48.0 Å². The molecule has 1 saturated heterocycles. The molecule has 1 aromatic heterocycles. The maximum absolute atomic E-state index is 13.2. The number of hydrogen-bond acceptors (Lipinski definition) is 3. The third-order valence-electron chi connectivity index (χ3n) is 5.13. The van der Waals surface area contributed by atoms with E-state index < -0.39 is 11.7 Å². The summed E-state index contributed by atoms with van der Waals surface area (Å²) in [5, 5.41) is 0. The molecule has 136 valence electrons. The second-order valence-electron chi connectivity index (χ2n) is 6.77. The number of hydrogen-bond donors (Lipinski definition) is 0. The Kier molecular flexibility index (Phi) is 4.61. The molecule has 0 bridgehead atoms. The number of para-hydroxylation sites is 1. The van der Waals surface area contributed by atoms with Crippen LogP contribution in [0.5, 0.6) is 0 Å². The summed E-state index contributed by atoms with van der Waals surface area (Å²) in [6, 6.07) is 12.2. The van der Waals surface area contributed by atoms with Gasteiger partial charge in [0.25, 0.3) is 0 Å². The molecule has 6 heteroatoms. The second-order valence-corrected chi connectivity index (χ2v) is 7.65. The smallest absolute Gasteiger partial charge is 0.370 e. The fraction of sp³-hybridized carbons (Fsp3) is 0.350. The fourth-order valence-corrected chi connectivity index (χ4v) is 4.49. The lowest BCUT2D eigenvalue weighted by atomic mass is 9.88. The van der Waals surface area contributed by atoms with E-state index in [0.29, 0.717) is 12.0 Å². The van der Waals surface area contributed by atoms with Gasteiger partial charge in [0.2, 0.25) is 0 Å². The minimum Gasteiger partial charge on any atom is -0.370 e. The zero-order valence-electron chi connectivity index (χ0n) is 14.2. The molecule has 0 spiro atoms. The molecule has 0 aliphatic carbocycles. The largest absolute Gasteiger partial charge is 0.416 e. The number of piperidine rings is 1. The van der Waals surface area contributed by atoms with E-state index in [0.717, 1.165) is 37.1 Å². The summed E-state index contributed by atoms with van der Waals surface area (Å²) in [4.78, 5) is 6.78. The molecule has 1 fully saturated rings. The SMILES string of the molecule is FC(F)(F)c1ccccc1CC1CCN(c2cccc3scnc23)CC1. The monoisotopic (exact) mass is 376 g/mol. The molecule has 0 N–H and O–H groups in total. The van der Waals surface area contributed by atoms with E-state index in [1.807, 2.05) is 11.6 Å². The summed E-state index contributed by atoms with van der Waals surface area (Å²) in [6.45, 7) is 1.71. The minimum atomic E-state index is -4.28. The van der Waals surface area contributed by atoms with Crippen LogP contribution >= 0.6 is 11.3 Å². The van der Waals surface area contributed by atoms with Crippen LogP contribution in [-0.4, -0.2) is 18.1 Å². The number of aromatic nitrogens is 1. The summed E-state index contributed by atoms with van der Waals surface area (Å²) in [6.07, 6.45) is -2.00. The Morgan fingerprint density at radius 2 is 1.81 bits per heavy atom. The molecule has 0 saturated carbocycles. The van der Waals surface area contributed by atoms with Crippen molar-refractivity contribution in [1.29, 1.82) is 0 Å². The van der Waals surface area contributed by atoms with E-state index in [1.54, 1.807) is 23.5 Å². The van der Waals surface area contributed by atoms with Gasteiger partial charge in [-0.2, -0.15) is 13.2 Å². The van der Waals surface area contributed by atoms with Crippen LogP contribution in [0.4, 0.5) is 18.9 Å². The Labute approximate surface area is 154 Å². The first-order valence-corrected chi connectivity index (χ1v) is 9.62. The molecule has 2 aromatic carbocycles. The van der Waals surface area contributed by atoms with E-state index in [9.17, 15) is 13.2 Å². The number of thiazole rings is 1. The molecule has 0 radical (unpaired) electrons. The van der Waals surface area contributed by atoms with Crippen molar-refractivity contribution in [3.8, 4) is 0 Å². The van der Waals surface area contributed by atoms with Gasteiger partial charge in [-0.05, 0) is 48.9 Å². The first-order chi connectivity index (χ1) is 12.5. The first kappa shape index (κ1) is 17.3. The molecule has 1 aliphatic heterocycles. The van der Waals surface area contributed by atoms with Gasteiger partial charge in [0, 0.05) is 13.1 Å². The van der Waals surface area contributed by atoms with Crippen molar-refractivity contribution in [2.24, 2.45) is 5.92 Å². The number of fused-ring (bicyclic) bond motifs is 1. The van der Waals surface area contributed by atoms with Gasteiger partial charge in [0.1, 0.15) is 5.52 Å². The third-order valence-corrected chi connectivity index (χ3v) is 5.92. The Morgan fingerprint density at radius 3 is 2.58 bits per heavy atom. The Bertz CT molecular complexity index is 895. The third kappa shape index (κ3) is 3.43. The van der Waals surface area contributed by atoms with Gasteiger partial charge in [0.15, 0.2) is 0 Å². The molecule has 0 unspecified atom stereocenters. The maximum Gasteiger partial charge on any atom is 0.416 e. The van der Waals surface area contributed by atoms with Gasteiger partial charge in [0.05, 0.1) is 21.5 Å². The van der Waals surface area contributed by atoms with Crippen LogP contribution < -0.4 is 4.90 Å². The maximum atomic E-state index is 13.2. The predicted octanol–water partition coefficient (Wildman–Crippen LogP) is 5.77. The van der Waals surface area contributed by atoms with Gasteiger partial charge < -0.3 is 4.90 Å². The molecular formula is C20H19F3N2S. The number of nitrogens with zero attached hydrogens (tertiary/aromatic N) is 2. The summed E-state index contributed by atoms with van der Waals surface area (Å²) < 4.78 is 40.7. The molecule has 26 heavy (non-hydrogen) atoms. The zero-order valence-corrected chi connectivity index (χ0v) is 15.0. The van der Waals surface area contributed by atoms with Crippen molar-refractivity contribution >= 4 is 27.2 Å². The van der Waals surface area contributed by atoms with Crippen LogP contribution in [0.1, 0.15) is 24.0 Å². The summed E-state index contributed by atoms with van der Waals surface area (Å²) in [7, 11) is 0. The molecule has 3 aromatic rings. The lowest BCUT2D eigenvalue weighted by Gasteiger charge is -2.34. The molecule has 0 atom stereocenters. The molecule has 0 amide bonds. The average molecular weight is 376 g/mol. The van der Waals surface area contributed by atoms with Gasteiger partial charge in [-0.3, -0.25) is 0 Å². The van der Waals surface area contributed by atoms with Crippen LogP contribution in [0.25, 0.3) is 10.2 Å². The molecule has 2 nitrogen and oxygen atoms in total. The van der Waals surface area contributed by atoms with Crippen molar-refractivity contribution in [3.05, 3.63) is 59.1 Å². The molecular weight excluding hydrogens is 357 g/mol. The Morgan fingerprint density at radius 1 is 1.04 bits per heavy atom. The van der Waals surface area contributed by atoms with Gasteiger partial charge in [-0.15, -0.1) is 11.3 Å². The lowest BCUT2D eigenvalue weighted by Crippen LogP contribution is -2.34. The van der Waals surface area contributed by atoms with Crippen LogP contribution in [0.2, 0.25) is 0 Å². The van der Waals surface area contributed by atoms with E-state index in [2.05, 4.69) is 22.0 Å². The summed E-state index contributed by atoms with van der Waals surface area (Å²) in [5.41, 5.74) is 3.95. The van der Waals surface area contributed by atoms with Crippen molar-refractivity contribution in [2.75, 3.05) is 18.0 Å². The molecule has 2 heterocycles. The molecule has 1 aliphatic rings. The van der Waals surface area contributed by atoms with Crippen LogP contribution in [0, 0.1) is 5.92 Å². The second kappa shape index (κ2) is 6.91. The van der Waals surface area contributed by atoms with Crippen molar-refractivity contribution in [1.82, 2.24) is 4.98 Å². The van der Waals surface area contributed by atoms with Crippen LogP contribution in [-0.2, 0) is 12.6 Å². The Hall–Kier alpha value is -2.08. The van der Waals surface area contributed by atoms with E-state index >= 15 is 0 Å². The summed E-state index contributed by atoms with van der Waals surface area (Å²) in [5.74, 6) is 0.282. The quantitative estimate of drug-likeness (QED) is 0.576. The van der Waals surface area contributed by atoms with E-state index in [1.165, 1.54) is 16.8 Å². The van der Waals surface area contributed by atoms with Gasteiger partial charge in [-0.1, -0.05) is 24.3 Å². The number of anilines is 1. The number of halogens is 3. The van der Waals surface area contributed by atoms with E-state index in [-0.39, 0.29) is 5.92 Å². The highest BCUT2D eigenvalue weighted by atomic mass is 32.1. The van der Waals surface area contributed by atoms with Crippen molar-refractivity contribution in [3.63, 3.8) is 0 Å². The molecule has 4 rings (SSSR count). The highest BCUT2D eigenvalue weighted by Gasteiger charge is 2.33. The minimum absolute atomic E-state index is 0.282. The van der Waals surface area contributed by atoms with Gasteiger partial charge in [-0.25, -0.2) is 4.98 Å². The normalized spacial score (nSPS) is 16.3. The topological polar surface area (TPSA) is 16.1 Å². The highest BCUT2D eigenvalue weighted by molar-refractivity contribution is 7.16. The zero-order chi connectivity index (χ0) is 18.1. The first-order valence-electron chi connectivity index (χ1n) is 8.74. The fourth-order valence-electron chi connectivity index (χ4n) is 3.79. The Balaban J connectivity index is 1.46. The average Bonchev–Trinajstić information content (AvgIpc) is 3.11. The van der Waals surface area contributed by atoms with Crippen LogP contribution in [0.3, 0.4) is 0 Å². The number of rotatable bonds is 3. The standard InChI is InChI=1S/C20H19F3N2S/c21-20(22,23)16-5-2-1-4-15(16)12-14-8-10-25(11-9-14)17-6-3-7-18-19(17)24-13-26-18/h1-7,13-14H,8-12H2. The van der Waals surface area contributed by atoms with E-state index in [4.69, 9.17) is 0 Å².